The molecule has 146 valence electrons. The molecule has 0 saturated carbocycles. The minimum absolute atomic E-state index is 0.0372. The first-order valence-corrected chi connectivity index (χ1v) is 9.78. The Labute approximate surface area is 164 Å². The monoisotopic (exact) mass is 379 g/mol. The molecule has 6 heteroatoms. The van der Waals surface area contributed by atoms with Crippen LogP contribution in [0.25, 0.3) is 0 Å². The lowest BCUT2D eigenvalue weighted by Gasteiger charge is -2.26. The molecule has 5 rings (SSSR count). The smallest absolute Gasteiger partial charge is 0.251 e. The van der Waals surface area contributed by atoms with Crippen LogP contribution in [0.5, 0.6) is 11.5 Å². The van der Waals surface area contributed by atoms with Crippen molar-refractivity contribution in [2.24, 2.45) is 11.7 Å². The first-order valence-electron chi connectivity index (χ1n) is 9.78. The molecule has 3 heterocycles. The lowest BCUT2D eigenvalue weighted by atomic mass is 9.94. The zero-order valence-corrected chi connectivity index (χ0v) is 15.8. The van der Waals surface area contributed by atoms with E-state index in [2.05, 4.69) is 10.2 Å². The van der Waals surface area contributed by atoms with Crippen LogP contribution in [0.4, 0.5) is 0 Å². The lowest BCUT2D eigenvalue weighted by molar-refractivity contribution is 0.0928. The number of piperidine rings is 1. The number of rotatable bonds is 5. The number of hydrogen-bond donors (Lipinski definition) is 2. The summed E-state index contributed by atoms with van der Waals surface area (Å²) in [5.74, 6) is 1.46. The van der Waals surface area contributed by atoms with Crippen molar-refractivity contribution >= 4 is 11.8 Å². The van der Waals surface area contributed by atoms with Gasteiger partial charge in [-0.25, -0.2) is 0 Å². The van der Waals surface area contributed by atoms with Crippen molar-refractivity contribution < 1.29 is 14.3 Å². The molecule has 0 spiro atoms. The molecule has 2 bridgehead atoms. The van der Waals surface area contributed by atoms with Crippen LogP contribution in [-0.4, -0.2) is 42.4 Å². The zero-order valence-electron chi connectivity index (χ0n) is 15.8. The summed E-state index contributed by atoms with van der Waals surface area (Å²) in [6.07, 6.45) is 3.57. The average Bonchev–Trinajstić information content (AvgIpc) is 3.01. The number of carbonyl (C=O) groups excluding carboxylic acids is 2. The lowest BCUT2D eigenvalue weighted by Crippen LogP contribution is -2.41. The molecule has 2 aromatic rings. The van der Waals surface area contributed by atoms with Gasteiger partial charge in [-0.2, -0.15) is 0 Å². The molecular formula is C22H25N3O3. The van der Waals surface area contributed by atoms with Crippen molar-refractivity contribution in [1.82, 2.24) is 10.2 Å². The van der Waals surface area contributed by atoms with Crippen molar-refractivity contribution in [3.63, 3.8) is 0 Å². The van der Waals surface area contributed by atoms with E-state index in [9.17, 15) is 9.59 Å². The predicted molar refractivity (Wildman–Crippen MR) is 107 cm³/mol. The van der Waals surface area contributed by atoms with Gasteiger partial charge in [-0.3, -0.25) is 9.59 Å². The van der Waals surface area contributed by atoms with Gasteiger partial charge in [0.1, 0.15) is 11.5 Å². The minimum Gasteiger partial charge on any atom is -0.457 e. The number of primary amides is 1. The molecule has 3 fully saturated rings. The van der Waals surface area contributed by atoms with Crippen molar-refractivity contribution in [3.05, 3.63) is 59.7 Å². The number of hydrogen-bond acceptors (Lipinski definition) is 4. The standard InChI is InChI=1S/C22H25N3O3/c23-21(26)16-1-5-19(6-2-16)28-20-7-3-17(4-8-20)22(27)24-18-13-15-9-11-25(14-18)12-10-15/h1-8,15,18H,9-14H2,(H2,23,26)(H,24,27). The summed E-state index contributed by atoms with van der Waals surface area (Å²) in [4.78, 5) is 26.2. The maximum Gasteiger partial charge on any atom is 0.251 e. The highest BCUT2D eigenvalue weighted by molar-refractivity contribution is 5.94. The SMILES string of the molecule is NC(=O)c1ccc(Oc2ccc(C(=O)NC3CC4CCN(CC4)C3)cc2)cc1. The van der Waals surface area contributed by atoms with Gasteiger partial charge in [0.25, 0.3) is 5.91 Å². The normalized spacial score (nSPS) is 23.6. The van der Waals surface area contributed by atoms with Gasteiger partial charge in [-0.05, 0) is 86.8 Å². The van der Waals surface area contributed by atoms with Gasteiger partial charge in [-0.15, -0.1) is 0 Å². The van der Waals surface area contributed by atoms with Gasteiger partial charge in [0, 0.05) is 23.7 Å². The molecule has 2 aromatic carbocycles. The molecule has 28 heavy (non-hydrogen) atoms. The fourth-order valence-corrected chi connectivity index (χ4v) is 4.06. The van der Waals surface area contributed by atoms with Crippen LogP contribution in [0.2, 0.25) is 0 Å². The van der Waals surface area contributed by atoms with Crippen LogP contribution in [0.1, 0.15) is 40.0 Å². The van der Waals surface area contributed by atoms with Crippen LogP contribution < -0.4 is 15.8 Å². The van der Waals surface area contributed by atoms with Gasteiger partial charge in [-0.1, -0.05) is 0 Å². The Kier molecular flexibility index (Phi) is 5.30. The summed E-state index contributed by atoms with van der Waals surface area (Å²) in [5, 5.41) is 3.20. The molecular weight excluding hydrogens is 354 g/mol. The van der Waals surface area contributed by atoms with Crippen LogP contribution in [0.3, 0.4) is 0 Å². The van der Waals surface area contributed by atoms with Gasteiger partial charge in [0.15, 0.2) is 0 Å². The maximum absolute atomic E-state index is 12.6. The first-order chi connectivity index (χ1) is 13.6. The minimum atomic E-state index is -0.472. The Bertz CT molecular complexity index is 826. The molecule has 2 amide bonds. The summed E-state index contributed by atoms with van der Waals surface area (Å²) in [7, 11) is 0. The van der Waals surface area contributed by atoms with Crippen LogP contribution in [-0.2, 0) is 0 Å². The van der Waals surface area contributed by atoms with Crippen molar-refractivity contribution in [2.45, 2.75) is 25.3 Å². The Morgan fingerprint density at radius 2 is 1.50 bits per heavy atom. The Morgan fingerprint density at radius 1 is 0.929 bits per heavy atom. The van der Waals surface area contributed by atoms with E-state index in [4.69, 9.17) is 10.5 Å². The Hall–Kier alpha value is -2.86. The number of amides is 2. The van der Waals surface area contributed by atoms with E-state index in [0.717, 1.165) is 32.0 Å². The quantitative estimate of drug-likeness (QED) is 0.837. The van der Waals surface area contributed by atoms with Gasteiger partial charge in [0.2, 0.25) is 5.91 Å². The second-order valence-electron chi connectivity index (χ2n) is 7.67. The molecule has 0 aromatic heterocycles. The van der Waals surface area contributed by atoms with Gasteiger partial charge < -0.3 is 20.7 Å². The first kappa shape index (κ1) is 18.5. The second-order valence-corrected chi connectivity index (χ2v) is 7.67. The number of nitrogens with zero attached hydrogens (tertiary/aromatic N) is 1. The fourth-order valence-electron chi connectivity index (χ4n) is 4.06. The largest absolute Gasteiger partial charge is 0.457 e. The topological polar surface area (TPSA) is 84.7 Å². The summed E-state index contributed by atoms with van der Waals surface area (Å²) < 4.78 is 5.76. The fraction of sp³-hybridized carbons (Fsp3) is 0.364. The zero-order chi connectivity index (χ0) is 19.5. The van der Waals surface area contributed by atoms with Gasteiger partial charge in [0.05, 0.1) is 0 Å². The van der Waals surface area contributed by atoms with Gasteiger partial charge >= 0.3 is 0 Å². The molecule has 0 radical (unpaired) electrons. The third kappa shape index (κ3) is 4.34. The van der Waals surface area contributed by atoms with Crippen molar-refractivity contribution in [2.75, 3.05) is 19.6 Å². The average molecular weight is 379 g/mol. The number of nitrogens with two attached hydrogens (primary N) is 1. The van der Waals surface area contributed by atoms with Crippen LogP contribution in [0.15, 0.2) is 48.5 Å². The van der Waals surface area contributed by atoms with E-state index >= 15 is 0 Å². The summed E-state index contributed by atoms with van der Waals surface area (Å²) in [6, 6.07) is 13.9. The molecule has 3 saturated heterocycles. The Morgan fingerprint density at radius 3 is 2.07 bits per heavy atom. The third-order valence-corrected chi connectivity index (χ3v) is 5.63. The summed E-state index contributed by atoms with van der Waals surface area (Å²) in [5.41, 5.74) is 6.30. The molecule has 3 N–H and O–H groups in total. The highest BCUT2D eigenvalue weighted by atomic mass is 16.5. The Balaban J connectivity index is 1.36. The number of fused-ring (bicyclic) bond motifs is 4. The predicted octanol–water partition coefficient (Wildman–Crippen LogP) is 2.79. The third-order valence-electron chi connectivity index (χ3n) is 5.63. The number of benzene rings is 2. The molecule has 1 atom stereocenters. The highest BCUT2D eigenvalue weighted by Crippen LogP contribution is 2.27. The van der Waals surface area contributed by atoms with Crippen molar-refractivity contribution in [3.8, 4) is 11.5 Å². The second kappa shape index (κ2) is 8.02. The van der Waals surface area contributed by atoms with E-state index in [1.165, 1.54) is 12.8 Å². The van der Waals surface area contributed by atoms with E-state index < -0.39 is 5.91 Å². The summed E-state index contributed by atoms with van der Waals surface area (Å²) >= 11 is 0. The highest BCUT2D eigenvalue weighted by Gasteiger charge is 2.29. The van der Waals surface area contributed by atoms with Crippen molar-refractivity contribution in [1.29, 1.82) is 0 Å². The van der Waals surface area contributed by atoms with E-state index in [1.807, 2.05) is 0 Å². The maximum atomic E-state index is 12.6. The number of ether oxygens (including phenoxy) is 1. The number of nitrogens with one attached hydrogen (secondary N) is 1. The van der Waals surface area contributed by atoms with Crippen LogP contribution in [0, 0.1) is 5.92 Å². The van der Waals surface area contributed by atoms with Crippen LogP contribution >= 0.6 is 0 Å². The molecule has 1 unspecified atom stereocenters. The molecule has 6 nitrogen and oxygen atoms in total. The number of carbonyl (C=O) groups is 2. The molecule has 3 aliphatic rings. The summed E-state index contributed by atoms with van der Waals surface area (Å²) in [6.45, 7) is 3.26. The molecule has 3 aliphatic heterocycles. The molecule has 0 aliphatic carbocycles. The van der Waals surface area contributed by atoms with E-state index in [-0.39, 0.29) is 11.9 Å². The van der Waals surface area contributed by atoms with E-state index in [0.29, 0.717) is 22.6 Å². The van der Waals surface area contributed by atoms with E-state index in [1.54, 1.807) is 48.5 Å².